The van der Waals surface area contributed by atoms with E-state index in [1.165, 1.54) is 7.11 Å². The van der Waals surface area contributed by atoms with Crippen LogP contribution in [0.3, 0.4) is 0 Å². The Labute approximate surface area is 198 Å². The van der Waals surface area contributed by atoms with Crippen LogP contribution in [0.2, 0.25) is 0 Å². The number of ether oxygens (including phenoxy) is 1. The van der Waals surface area contributed by atoms with Gasteiger partial charge in [-0.05, 0) is 36.8 Å². The van der Waals surface area contributed by atoms with Gasteiger partial charge in [0.1, 0.15) is 12.4 Å². The first-order valence-electron chi connectivity index (χ1n) is 11.0. The fourth-order valence-corrected chi connectivity index (χ4v) is 3.99. The Morgan fingerprint density at radius 1 is 1.12 bits per heavy atom. The van der Waals surface area contributed by atoms with E-state index in [9.17, 15) is 9.59 Å². The Balaban J connectivity index is 1.83. The van der Waals surface area contributed by atoms with Crippen molar-refractivity contribution in [2.75, 3.05) is 26.1 Å². The fourth-order valence-electron chi connectivity index (χ4n) is 3.99. The van der Waals surface area contributed by atoms with E-state index in [4.69, 9.17) is 9.72 Å². The Bertz CT molecular complexity index is 1300. The average molecular weight is 458 g/mol. The smallest absolute Gasteiger partial charge is 0.256 e. The van der Waals surface area contributed by atoms with Gasteiger partial charge >= 0.3 is 0 Å². The quantitative estimate of drug-likeness (QED) is 0.432. The summed E-state index contributed by atoms with van der Waals surface area (Å²) < 4.78 is 6.94. The molecule has 0 fully saturated rings. The van der Waals surface area contributed by atoms with E-state index in [0.29, 0.717) is 35.7 Å². The second-order valence-corrected chi connectivity index (χ2v) is 7.94. The maximum absolute atomic E-state index is 13.7. The van der Waals surface area contributed by atoms with Crippen molar-refractivity contribution < 1.29 is 14.3 Å². The zero-order chi connectivity index (χ0) is 24.1. The minimum absolute atomic E-state index is 0.0838. The average Bonchev–Trinajstić information content (AvgIpc) is 3.23. The number of aromatic nitrogens is 3. The van der Waals surface area contributed by atoms with Gasteiger partial charge in [-0.3, -0.25) is 14.6 Å². The Morgan fingerprint density at radius 3 is 2.59 bits per heavy atom. The van der Waals surface area contributed by atoms with E-state index in [2.05, 4.69) is 10.3 Å². The topological polar surface area (TPSA) is 89.4 Å². The summed E-state index contributed by atoms with van der Waals surface area (Å²) in [6.07, 6.45) is 3.46. The molecule has 0 saturated heterocycles. The number of nitrogens with zero attached hydrogens (tertiary/aromatic N) is 4. The Hall–Kier alpha value is -4.04. The van der Waals surface area contributed by atoms with Crippen LogP contribution in [-0.4, -0.2) is 52.0 Å². The molecular weight excluding hydrogens is 430 g/mol. The molecule has 174 valence electrons. The van der Waals surface area contributed by atoms with Crippen LogP contribution < -0.4 is 5.32 Å². The molecule has 0 atom stereocenters. The van der Waals surface area contributed by atoms with E-state index in [1.807, 2.05) is 54.0 Å². The van der Waals surface area contributed by atoms with Gasteiger partial charge in [-0.2, -0.15) is 0 Å². The molecule has 0 saturated carbocycles. The number of methoxy groups -OCH3 is 1. The van der Waals surface area contributed by atoms with Crippen molar-refractivity contribution in [1.29, 1.82) is 0 Å². The summed E-state index contributed by atoms with van der Waals surface area (Å²) in [5.41, 5.74) is 4.17. The lowest BCUT2D eigenvalue weighted by molar-refractivity contribution is -0.119. The summed E-state index contributed by atoms with van der Waals surface area (Å²) >= 11 is 0. The number of pyridine rings is 1. The number of carbonyl (C=O) groups is 2. The fraction of sp³-hybridized carbons (Fsp3) is 0.231. The van der Waals surface area contributed by atoms with Crippen molar-refractivity contribution in [3.05, 3.63) is 78.1 Å². The molecule has 0 aliphatic rings. The van der Waals surface area contributed by atoms with Gasteiger partial charge in [0, 0.05) is 50.9 Å². The minimum Gasteiger partial charge on any atom is -0.375 e. The van der Waals surface area contributed by atoms with E-state index in [-0.39, 0.29) is 18.4 Å². The molecule has 2 aromatic carbocycles. The van der Waals surface area contributed by atoms with E-state index < -0.39 is 0 Å². The highest BCUT2D eigenvalue weighted by atomic mass is 16.5. The van der Waals surface area contributed by atoms with Gasteiger partial charge < -0.3 is 19.5 Å². The highest BCUT2D eigenvalue weighted by Crippen LogP contribution is 2.30. The lowest BCUT2D eigenvalue weighted by Crippen LogP contribution is -2.27. The predicted octanol–water partition coefficient (Wildman–Crippen LogP) is 3.98. The molecule has 8 heteroatoms. The van der Waals surface area contributed by atoms with Gasteiger partial charge in [0.05, 0.1) is 16.6 Å². The molecule has 0 radical (unpaired) electrons. The number of benzene rings is 2. The van der Waals surface area contributed by atoms with Crippen LogP contribution in [0.4, 0.5) is 5.69 Å². The normalized spacial score (nSPS) is 10.9. The third-order valence-electron chi connectivity index (χ3n) is 5.48. The lowest BCUT2D eigenvalue weighted by atomic mass is 10.1. The number of anilines is 1. The van der Waals surface area contributed by atoms with E-state index in [1.54, 1.807) is 36.5 Å². The number of amides is 2. The van der Waals surface area contributed by atoms with Crippen LogP contribution in [0.5, 0.6) is 0 Å². The zero-order valence-electron chi connectivity index (χ0n) is 19.5. The number of aryl methyl sites for hydroxylation is 1. The van der Waals surface area contributed by atoms with E-state index >= 15 is 0 Å². The summed E-state index contributed by atoms with van der Waals surface area (Å²) in [5, 5.41) is 2.81. The first kappa shape index (κ1) is 23.1. The number of nitrogens with one attached hydrogen (secondary N) is 1. The first-order chi connectivity index (χ1) is 16.5. The summed E-state index contributed by atoms with van der Waals surface area (Å²) in [7, 11) is 3.23. The number of hydrogen-bond donors (Lipinski definition) is 1. The molecule has 0 bridgehead atoms. The van der Waals surface area contributed by atoms with Crippen LogP contribution in [-0.2, 0) is 22.6 Å². The van der Waals surface area contributed by atoms with Crippen molar-refractivity contribution in [1.82, 2.24) is 19.4 Å². The zero-order valence-corrected chi connectivity index (χ0v) is 19.5. The van der Waals surface area contributed by atoms with Gasteiger partial charge in [-0.15, -0.1) is 0 Å². The van der Waals surface area contributed by atoms with Crippen LogP contribution >= 0.6 is 0 Å². The SMILES string of the molecule is CCn1c(-c2cccnc2)nc2cc(NC(=O)COC)cc(C(=O)N(C)Cc3ccccc3)c21. The molecule has 2 aromatic heterocycles. The van der Waals surface area contributed by atoms with Crippen LogP contribution in [0.1, 0.15) is 22.8 Å². The third-order valence-corrected chi connectivity index (χ3v) is 5.48. The minimum atomic E-state index is -0.305. The molecule has 8 nitrogen and oxygen atoms in total. The van der Waals surface area contributed by atoms with Gasteiger partial charge in [-0.25, -0.2) is 4.98 Å². The van der Waals surface area contributed by atoms with Crippen molar-refractivity contribution in [3.8, 4) is 11.4 Å². The number of hydrogen-bond acceptors (Lipinski definition) is 5. The van der Waals surface area contributed by atoms with Crippen LogP contribution in [0, 0.1) is 0 Å². The molecule has 0 spiro atoms. The molecule has 34 heavy (non-hydrogen) atoms. The van der Waals surface area contributed by atoms with Crippen molar-refractivity contribution in [3.63, 3.8) is 0 Å². The summed E-state index contributed by atoms with van der Waals surface area (Å²) in [6.45, 7) is 2.99. The van der Waals surface area contributed by atoms with Crippen LogP contribution in [0.25, 0.3) is 22.4 Å². The van der Waals surface area contributed by atoms with Crippen molar-refractivity contribution in [2.45, 2.75) is 20.0 Å². The first-order valence-corrected chi connectivity index (χ1v) is 11.0. The van der Waals surface area contributed by atoms with Gasteiger partial charge in [0.15, 0.2) is 0 Å². The molecule has 4 aromatic rings. The maximum Gasteiger partial charge on any atom is 0.256 e. The third kappa shape index (κ3) is 4.82. The molecule has 4 rings (SSSR count). The Morgan fingerprint density at radius 2 is 1.91 bits per heavy atom. The number of imidazole rings is 1. The maximum atomic E-state index is 13.7. The molecule has 2 amide bonds. The molecular formula is C26H27N5O3. The standard InChI is InChI=1S/C26H27N5O3/c1-4-31-24-21(26(33)30(2)16-18-9-6-5-7-10-18)13-20(28-23(32)17-34-3)14-22(24)29-25(31)19-11-8-12-27-15-19/h5-15H,4,16-17H2,1-3H3,(H,28,32). The number of rotatable bonds is 8. The Kier molecular flexibility index (Phi) is 6.98. The lowest BCUT2D eigenvalue weighted by Gasteiger charge is -2.19. The predicted molar refractivity (Wildman–Crippen MR) is 131 cm³/mol. The molecule has 0 aliphatic heterocycles. The van der Waals surface area contributed by atoms with Gasteiger partial charge in [0.25, 0.3) is 5.91 Å². The monoisotopic (exact) mass is 457 g/mol. The van der Waals surface area contributed by atoms with Crippen molar-refractivity contribution >= 4 is 28.5 Å². The van der Waals surface area contributed by atoms with Gasteiger partial charge in [-0.1, -0.05) is 30.3 Å². The molecule has 1 N–H and O–H groups in total. The summed E-state index contributed by atoms with van der Waals surface area (Å²) in [5.74, 6) is 0.245. The molecule has 2 heterocycles. The summed E-state index contributed by atoms with van der Waals surface area (Å²) in [6, 6.07) is 17.1. The molecule has 0 aliphatic carbocycles. The summed E-state index contributed by atoms with van der Waals surface area (Å²) in [4.78, 5) is 36.6. The van der Waals surface area contributed by atoms with Crippen LogP contribution in [0.15, 0.2) is 67.0 Å². The second-order valence-electron chi connectivity index (χ2n) is 7.94. The highest BCUT2D eigenvalue weighted by Gasteiger charge is 2.23. The highest BCUT2D eigenvalue weighted by molar-refractivity contribution is 6.08. The van der Waals surface area contributed by atoms with Crippen molar-refractivity contribution in [2.24, 2.45) is 0 Å². The largest absolute Gasteiger partial charge is 0.375 e. The molecule has 0 unspecified atom stereocenters. The van der Waals surface area contributed by atoms with E-state index in [0.717, 1.165) is 16.6 Å². The number of carbonyl (C=O) groups excluding carboxylic acids is 2. The number of fused-ring (bicyclic) bond motifs is 1. The van der Waals surface area contributed by atoms with Gasteiger partial charge in [0.2, 0.25) is 5.91 Å². The second kappa shape index (κ2) is 10.3.